The Hall–Kier alpha value is -4.19. The van der Waals surface area contributed by atoms with E-state index in [9.17, 15) is 19.7 Å². The van der Waals surface area contributed by atoms with Crippen molar-refractivity contribution < 1.29 is 14.1 Å². The maximum Gasteiger partial charge on any atom is 0.295 e. The maximum absolute atomic E-state index is 12.9. The van der Waals surface area contributed by atoms with Gasteiger partial charge in [-0.15, -0.1) is 10.2 Å². The predicted molar refractivity (Wildman–Crippen MR) is 121 cm³/mol. The molecule has 0 atom stereocenters. The van der Waals surface area contributed by atoms with Gasteiger partial charge >= 0.3 is 0 Å². The van der Waals surface area contributed by atoms with Crippen molar-refractivity contribution in [3.05, 3.63) is 80.8 Å². The van der Waals surface area contributed by atoms with Gasteiger partial charge in [0.15, 0.2) is 0 Å². The fraction of sp³-hybridized carbons (Fsp3) is 0.143. The number of nitrogens with zero attached hydrogens (tertiary/aromatic N) is 5. The number of carbonyl (C=O) groups is 1. The third-order valence-electron chi connectivity index (χ3n) is 4.88. The van der Waals surface area contributed by atoms with Gasteiger partial charge < -0.3 is 9.73 Å². The molecular formula is C21H18N6O5S. The molecule has 2 heterocycles. The van der Waals surface area contributed by atoms with Gasteiger partial charge in [0.2, 0.25) is 5.91 Å². The number of para-hydroxylation sites is 2. The van der Waals surface area contributed by atoms with Crippen LogP contribution in [0.15, 0.2) is 69.0 Å². The monoisotopic (exact) mass is 466 g/mol. The first-order chi connectivity index (χ1) is 15.9. The Kier molecular flexibility index (Phi) is 6.09. The Morgan fingerprint density at radius 2 is 1.85 bits per heavy atom. The van der Waals surface area contributed by atoms with Crippen LogP contribution in [0.3, 0.4) is 0 Å². The summed E-state index contributed by atoms with van der Waals surface area (Å²) in [6.07, 6.45) is 0. The highest BCUT2D eigenvalue weighted by Crippen LogP contribution is 2.30. The quantitative estimate of drug-likeness (QED) is 0.249. The Labute approximate surface area is 191 Å². The fourth-order valence-corrected chi connectivity index (χ4v) is 3.77. The number of amides is 1. The van der Waals surface area contributed by atoms with Crippen molar-refractivity contribution in [1.29, 1.82) is 0 Å². The summed E-state index contributed by atoms with van der Waals surface area (Å²) in [5.74, 6) is -0.552. The minimum absolute atomic E-state index is 0.0186. The topological polar surface area (TPSA) is 138 Å². The van der Waals surface area contributed by atoms with Gasteiger partial charge in [-0.2, -0.15) is 0 Å². The van der Waals surface area contributed by atoms with E-state index in [0.717, 1.165) is 11.8 Å². The Morgan fingerprint density at radius 3 is 2.58 bits per heavy atom. The van der Waals surface area contributed by atoms with Gasteiger partial charge in [-0.05, 0) is 25.1 Å². The van der Waals surface area contributed by atoms with Gasteiger partial charge in [-0.1, -0.05) is 42.1 Å². The molecule has 4 aromatic rings. The number of benzene rings is 2. The van der Waals surface area contributed by atoms with Gasteiger partial charge in [0.05, 0.1) is 22.1 Å². The second-order valence-corrected chi connectivity index (χ2v) is 7.85. The molecule has 0 aliphatic rings. The van der Waals surface area contributed by atoms with Crippen LogP contribution in [0.1, 0.15) is 5.69 Å². The van der Waals surface area contributed by atoms with Gasteiger partial charge in [0.25, 0.3) is 22.4 Å². The highest BCUT2D eigenvalue weighted by Gasteiger charge is 2.21. The van der Waals surface area contributed by atoms with E-state index >= 15 is 0 Å². The van der Waals surface area contributed by atoms with E-state index in [0.29, 0.717) is 11.4 Å². The zero-order valence-electron chi connectivity index (χ0n) is 17.6. The Bertz CT molecular complexity index is 1390. The van der Waals surface area contributed by atoms with E-state index in [1.54, 1.807) is 36.9 Å². The highest BCUT2D eigenvalue weighted by molar-refractivity contribution is 7.99. The molecule has 0 spiro atoms. The summed E-state index contributed by atoms with van der Waals surface area (Å²) >= 11 is 0.959. The van der Waals surface area contributed by atoms with Crippen molar-refractivity contribution in [2.75, 3.05) is 11.1 Å². The lowest BCUT2D eigenvalue weighted by molar-refractivity contribution is -0.384. The molecule has 1 N–H and O–H groups in total. The predicted octanol–water partition coefficient (Wildman–Crippen LogP) is 3.17. The molecule has 12 heteroatoms. The number of rotatable bonds is 7. The number of nitro groups is 1. The molecule has 0 fully saturated rings. The van der Waals surface area contributed by atoms with E-state index in [1.807, 2.05) is 18.2 Å². The normalized spacial score (nSPS) is 10.8. The zero-order valence-corrected chi connectivity index (χ0v) is 18.4. The standard InChI is InChI=1S/C21H18N6O5S/c1-13-18(20(29)26(25(13)2)14-8-4-3-5-9-14)22-17(28)12-33-21-24-23-19(32-21)15-10-6-7-11-16(15)27(30)31/h3-11H,12H2,1-2H3,(H,22,28). The number of aromatic nitrogens is 4. The Balaban J connectivity index is 1.47. The van der Waals surface area contributed by atoms with Crippen LogP contribution in [-0.4, -0.2) is 36.1 Å². The SMILES string of the molecule is Cc1c(NC(=O)CSc2nnc(-c3ccccc3[N+](=O)[O-])o2)c(=O)n(-c2ccccc2)n1C. The van der Waals surface area contributed by atoms with Crippen LogP contribution in [0.25, 0.3) is 17.1 Å². The third kappa shape index (κ3) is 4.41. The summed E-state index contributed by atoms with van der Waals surface area (Å²) in [4.78, 5) is 36.0. The van der Waals surface area contributed by atoms with Gasteiger partial charge in [0.1, 0.15) is 11.3 Å². The van der Waals surface area contributed by atoms with Gasteiger partial charge in [-0.3, -0.25) is 24.4 Å². The Morgan fingerprint density at radius 1 is 1.15 bits per heavy atom. The summed E-state index contributed by atoms with van der Waals surface area (Å²) in [5, 5.41) is 21.6. The number of hydrogen-bond donors (Lipinski definition) is 1. The highest BCUT2D eigenvalue weighted by atomic mass is 32.2. The van der Waals surface area contributed by atoms with Crippen LogP contribution >= 0.6 is 11.8 Å². The average molecular weight is 466 g/mol. The van der Waals surface area contributed by atoms with E-state index < -0.39 is 10.8 Å². The van der Waals surface area contributed by atoms with E-state index in [1.165, 1.54) is 22.9 Å². The summed E-state index contributed by atoms with van der Waals surface area (Å²) < 4.78 is 8.61. The van der Waals surface area contributed by atoms with E-state index in [2.05, 4.69) is 15.5 Å². The van der Waals surface area contributed by atoms with Crippen molar-refractivity contribution >= 4 is 29.0 Å². The maximum atomic E-state index is 12.9. The molecule has 0 saturated heterocycles. The number of carbonyl (C=O) groups excluding carboxylic acids is 1. The molecule has 2 aromatic carbocycles. The van der Waals surface area contributed by atoms with Gasteiger partial charge in [0, 0.05) is 13.1 Å². The molecule has 0 bridgehead atoms. The smallest absolute Gasteiger partial charge is 0.295 e. The molecule has 0 aliphatic carbocycles. The largest absolute Gasteiger partial charge is 0.411 e. The summed E-state index contributed by atoms with van der Waals surface area (Å²) in [7, 11) is 1.73. The third-order valence-corrected chi connectivity index (χ3v) is 5.70. The second-order valence-electron chi connectivity index (χ2n) is 6.92. The fourth-order valence-electron chi connectivity index (χ4n) is 3.21. The first-order valence-electron chi connectivity index (χ1n) is 9.70. The van der Waals surface area contributed by atoms with Crippen molar-refractivity contribution in [2.24, 2.45) is 7.05 Å². The number of anilines is 1. The molecule has 11 nitrogen and oxygen atoms in total. The lowest BCUT2D eigenvalue weighted by Gasteiger charge is -2.07. The first kappa shape index (κ1) is 22.0. The lowest BCUT2D eigenvalue weighted by atomic mass is 10.2. The lowest BCUT2D eigenvalue weighted by Crippen LogP contribution is -2.23. The van der Waals surface area contributed by atoms with Crippen LogP contribution in [0.5, 0.6) is 0 Å². The zero-order chi connectivity index (χ0) is 23.5. The second kappa shape index (κ2) is 9.12. The molecule has 1 amide bonds. The molecular weight excluding hydrogens is 448 g/mol. The number of hydrogen-bond acceptors (Lipinski definition) is 8. The van der Waals surface area contributed by atoms with Crippen LogP contribution in [0, 0.1) is 17.0 Å². The summed E-state index contributed by atoms with van der Waals surface area (Å²) in [6.45, 7) is 1.74. The molecule has 33 heavy (non-hydrogen) atoms. The van der Waals surface area contributed by atoms with E-state index in [-0.39, 0.29) is 39.4 Å². The molecule has 0 unspecified atom stereocenters. The molecule has 2 aromatic heterocycles. The average Bonchev–Trinajstić information content (AvgIpc) is 3.37. The molecule has 4 rings (SSSR count). The van der Waals surface area contributed by atoms with Crippen molar-refractivity contribution in [1.82, 2.24) is 19.6 Å². The van der Waals surface area contributed by atoms with Crippen LogP contribution in [0.2, 0.25) is 0 Å². The van der Waals surface area contributed by atoms with Crippen molar-refractivity contribution in [3.63, 3.8) is 0 Å². The minimum Gasteiger partial charge on any atom is -0.411 e. The minimum atomic E-state index is -0.537. The van der Waals surface area contributed by atoms with Crippen molar-refractivity contribution in [2.45, 2.75) is 12.1 Å². The van der Waals surface area contributed by atoms with E-state index in [4.69, 9.17) is 4.42 Å². The number of nitrogens with one attached hydrogen (secondary N) is 1. The van der Waals surface area contributed by atoms with Crippen LogP contribution in [-0.2, 0) is 11.8 Å². The molecule has 0 aliphatic heterocycles. The number of nitro benzene ring substituents is 1. The van der Waals surface area contributed by atoms with Crippen LogP contribution < -0.4 is 10.9 Å². The van der Waals surface area contributed by atoms with Crippen LogP contribution in [0.4, 0.5) is 11.4 Å². The molecule has 0 saturated carbocycles. The summed E-state index contributed by atoms with van der Waals surface area (Å²) in [6, 6.07) is 15.1. The molecule has 0 radical (unpaired) electrons. The van der Waals surface area contributed by atoms with Gasteiger partial charge in [-0.25, -0.2) is 4.68 Å². The number of thioether (sulfide) groups is 1. The first-order valence-corrected chi connectivity index (χ1v) is 10.7. The summed E-state index contributed by atoms with van der Waals surface area (Å²) in [5.41, 5.74) is 1.13. The molecule has 168 valence electrons. The van der Waals surface area contributed by atoms with Crippen molar-refractivity contribution in [3.8, 4) is 17.1 Å².